The second kappa shape index (κ2) is 22.9. The van der Waals surface area contributed by atoms with E-state index < -0.39 is 12.3 Å². The molecular weight excluding hydrogens is 264 g/mol. The second-order valence-corrected chi connectivity index (χ2v) is 0.500. The van der Waals surface area contributed by atoms with Crippen molar-refractivity contribution in [3.05, 3.63) is 0 Å². The Bertz CT molecular complexity index is 76.6. The first-order chi connectivity index (χ1) is 3.46. The molecule has 0 atom stereocenters. The monoisotopic (exact) mass is 262 g/mol. The van der Waals surface area contributed by atoms with Gasteiger partial charge in [-0.1, -0.05) is 0 Å². The molecule has 0 aromatic rings. The van der Waals surface area contributed by atoms with Gasteiger partial charge in [0.15, 0.2) is 0 Å². The minimum Gasteiger partial charge on any atom is -0.652 e. The van der Waals surface area contributed by atoms with Crippen LogP contribution in [0, 0.1) is 0 Å². The van der Waals surface area contributed by atoms with Crippen LogP contribution in [-0.4, -0.2) is 12.3 Å². The molecule has 0 unspecified atom stereocenters. The van der Waals surface area contributed by atoms with Crippen molar-refractivity contribution in [2.24, 2.45) is 0 Å². The Morgan fingerprint density at radius 3 is 0.727 bits per heavy atom. The Kier molecular flexibility index (Phi) is 60.7. The molecule has 0 heterocycles. The van der Waals surface area contributed by atoms with Gasteiger partial charge in [-0.25, -0.2) is 0 Å². The summed E-state index contributed by atoms with van der Waals surface area (Å²) < 4.78 is 0. The van der Waals surface area contributed by atoms with Gasteiger partial charge in [0.2, 0.25) is 0 Å². The van der Waals surface area contributed by atoms with Gasteiger partial charge in [-0.2, -0.15) is 0 Å². The minimum absolute atomic E-state index is 0. The summed E-state index contributed by atoms with van der Waals surface area (Å²) in [6.07, 6.45) is -4.67. The van der Waals surface area contributed by atoms with Gasteiger partial charge in [0.25, 0.3) is 0 Å². The number of rotatable bonds is 0. The zero-order valence-electron chi connectivity index (χ0n) is 6.16. The van der Waals surface area contributed by atoms with Crippen molar-refractivity contribution in [3.8, 4) is 0 Å². The van der Waals surface area contributed by atoms with E-state index >= 15 is 0 Å². The van der Waals surface area contributed by atoms with Crippen molar-refractivity contribution in [2.45, 2.75) is 0 Å². The number of hydrogen-bond acceptors (Lipinski definition) is 6. The molecule has 0 fully saturated rings. The van der Waals surface area contributed by atoms with E-state index in [1.165, 1.54) is 0 Å². The normalized spacial score (nSPS) is 4.36. The Morgan fingerprint density at radius 2 is 0.727 bits per heavy atom. The Hall–Kier alpha value is 2.44. The van der Waals surface area contributed by atoms with Gasteiger partial charge in [-0.15, -0.1) is 0 Å². The van der Waals surface area contributed by atoms with Gasteiger partial charge in [0, 0.05) is 0 Å². The van der Waals surface area contributed by atoms with Crippen LogP contribution in [0.1, 0.15) is 0 Å². The standard InChI is InChI=1S/2CH2O3.2K.Zn/c2*2-1(3)4;;;/h2*(H2,2,3,4);;;/q;;2*+1;+2/p-4. The number of carbonyl (C=O) groups is 2. The molecule has 0 amide bonds. The van der Waals surface area contributed by atoms with E-state index in [1.54, 1.807) is 0 Å². The first-order valence-corrected chi connectivity index (χ1v) is 1.22. The molecule has 0 spiro atoms. The van der Waals surface area contributed by atoms with Crippen LogP contribution in [0.15, 0.2) is 0 Å². The summed E-state index contributed by atoms with van der Waals surface area (Å²) in [5.41, 5.74) is 0. The Morgan fingerprint density at radius 1 is 0.727 bits per heavy atom. The third-order valence-electron chi connectivity index (χ3n) is 0. The molecule has 48 valence electrons. The van der Waals surface area contributed by atoms with E-state index in [9.17, 15) is 0 Å². The summed E-state index contributed by atoms with van der Waals surface area (Å²) in [6.45, 7) is 0. The van der Waals surface area contributed by atoms with Gasteiger partial charge in [-0.3, -0.25) is 0 Å². The van der Waals surface area contributed by atoms with Gasteiger partial charge in [-0.05, 0) is 12.3 Å². The average molecular weight is 264 g/mol. The maximum Gasteiger partial charge on any atom is 2.00 e. The fourth-order valence-corrected chi connectivity index (χ4v) is 0. The molecule has 0 aliphatic rings. The fraction of sp³-hybridized carbons (Fsp3) is 0. The first-order valence-electron chi connectivity index (χ1n) is 1.22. The van der Waals surface area contributed by atoms with Gasteiger partial charge in [0.05, 0.1) is 0 Å². The van der Waals surface area contributed by atoms with Crippen molar-refractivity contribution >= 4 is 12.3 Å². The van der Waals surface area contributed by atoms with Crippen LogP contribution >= 0.6 is 0 Å². The van der Waals surface area contributed by atoms with E-state index in [-0.39, 0.29) is 122 Å². The molecule has 0 N–H and O–H groups in total. The van der Waals surface area contributed by atoms with Gasteiger partial charge >= 0.3 is 122 Å². The summed E-state index contributed by atoms with van der Waals surface area (Å²) in [5.74, 6) is 0. The predicted molar refractivity (Wildman–Crippen MR) is 10.8 cm³/mol. The van der Waals surface area contributed by atoms with E-state index in [4.69, 9.17) is 30.0 Å². The molecule has 0 rings (SSSR count). The molecule has 0 aliphatic carbocycles. The van der Waals surface area contributed by atoms with Crippen LogP contribution in [0.2, 0.25) is 0 Å². The van der Waals surface area contributed by atoms with Crippen LogP contribution in [0.3, 0.4) is 0 Å². The molecule has 0 saturated carbocycles. The molecule has 0 aliphatic heterocycles. The average Bonchev–Trinajstić information content (AvgIpc) is 1.25. The summed E-state index contributed by atoms with van der Waals surface area (Å²) in [6, 6.07) is 0. The number of hydrogen-bond donors (Lipinski definition) is 0. The van der Waals surface area contributed by atoms with E-state index in [2.05, 4.69) is 0 Å². The topological polar surface area (TPSA) is 126 Å². The van der Waals surface area contributed by atoms with Crippen LogP contribution in [0.25, 0.3) is 0 Å². The Labute approximate surface area is 160 Å². The molecule has 0 saturated heterocycles. The van der Waals surface area contributed by atoms with E-state index in [1.807, 2.05) is 0 Å². The summed E-state index contributed by atoms with van der Waals surface area (Å²) in [5, 5.41) is 33.3. The van der Waals surface area contributed by atoms with Crippen LogP contribution < -0.4 is 123 Å². The van der Waals surface area contributed by atoms with Crippen molar-refractivity contribution in [3.63, 3.8) is 0 Å². The predicted octanol–water partition coefficient (Wildman–Crippen LogP) is -10.9. The molecule has 11 heavy (non-hydrogen) atoms. The van der Waals surface area contributed by atoms with E-state index in [0.29, 0.717) is 0 Å². The van der Waals surface area contributed by atoms with Crippen molar-refractivity contribution in [1.29, 1.82) is 0 Å². The maximum absolute atomic E-state index is 8.33. The van der Waals surface area contributed by atoms with Crippen LogP contribution in [0.5, 0.6) is 0 Å². The zero-order valence-corrected chi connectivity index (χ0v) is 15.4. The molecule has 0 bridgehead atoms. The maximum atomic E-state index is 8.33. The second-order valence-electron chi connectivity index (χ2n) is 0.500. The molecule has 9 heteroatoms. The third-order valence-corrected chi connectivity index (χ3v) is 0. The van der Waals surface area contributed by atoms with Crippen LogP contribution in [-0.2, 0) is 19.5 Å². The summed E-state index contributed by atoms with van der Waals surface area (Å²) in [7, 11) is 0. The smallest absolute Gasteiger partial charge is 0.652 e. The first kappa shape index (κ1) is 29.2. The molecular formula is C2K2O6Zn. The summed E-state index contributed by atoms with van der Waals surface area (Å²) in [4.78, 5) is 16.7. The molecule has 6 nitrogen and oxygen atoms in total. The summed E-state index contributed by atoms with van der Waals surface area (Å²) >= 11 is 0. The van der Waals surface area contributed by atoms with Crippen molar-refractivity contribution in [1.82, 2.24) is 0 Å². The SMILES string of the molecule is O=C([O-])[O-].O=C([O-])[O-].[K+].[K+].[Zn+2]. The molecule has 0 aromatic heterocycles. The third kappa shape index (κ3) is 228. The van der Waals surface area contributed by atoms with Gasteiger partial charge in [0.1, 0.15) is 0 Å². The van der Waals surface area contributed by atoms with Crippen molar-refractivity contribution < 1.29 is 152 Å². The van der Waals surface area contributed by atoms with E-state index in [0.717, 1.165) is 0 Å². The van der Waals surface area contributed by atoms with Crippen molar-refractivity contribution in [2.75, 3.05) is 0 Å². The van der Waals surface area contributed by atoms with Gasteiger partial charge < -0.3 is 30.0 Å². The Balaban J connectivity index is -0.0000000171. The number of carboxylic acid groups (broad SMARTS) is 4. The largest absolute Gasteiger partial charge is 2.00 e. The van der Waals surface area contributed by atoms with Crippen LogP contribution in [0.4, 0.5) is 9.59 Å². The molecule has 0 aromatic carbocycles. The quantitative estimate of drug-likeness (QED) is 0.399. The minimum atomic E-state index is -2.33. The number of carbonyl (C=O) groups excluding carboxylic acids is 2. The fourth-order valence-electron chi connectivity index (χ4n) is 0. The molecule has 0 radical (unpaired) electrons. The zero-order chi connectivity index (χ0) is 7.15.